The van der Waals surface area contributed by atoms with Gasteiger partial charge in [0.15, 0.2) is 26.1 Å². The summed E-state index contributed by atoms with van der Waals surface area (Å²) in [5.74, 6) is -0.153. The van der Waals surface area contributed by atoms with E-state index in [1.165, 1.54) is 25.6 Å². The molecule has 2 aromatic carbocycles. The zero-order valence-corrected chi connectivity index (χ0v) is 21.5. The van der Waals surface area contributed by atoms with Crippen LogP contribution in [0.1, 0.15) is 25.3 Å². The van der Waals surface area contributed by atoms with E-state index < -0.39 is 21.7 Å². The first kappa shape index (κ1) is 26.4. The molecule has 0 aliphatic rings. The lowest BCUT2D eigenvalue weighted by atomic mass is 10.2. The van der Waals surface area contributed by atoms with Crippen molar-refractivity contribution in [3.8, 4) is 11.5 Å². The molecular formula is C24H28N2O7S2. The van der Waals surface area contributed by atoms with E-state index in [-0.39, 0.29) is 37.5 Å². The largest absolute Gasteiger partial charge is 0.493 e. The third-order valence-corrected chi connectivity index (χ3v) is 7.80. The molecule has 11 heteroatoms. The molecule has 0 saturated heterocycles. The van der Waals surface area contributed by atoms with Crippen molar-refractivity contribution < 1.29 is 32.2 Å². The lowest BCUT2D eigenvalue weighted by Crippen LogP contribution is -2.23. The second kappa shape index (κ2) is 12.0. The van der Waals surface area contributed by atoms with Gasteiger partial charge in [-0.15, -0.1) is 0 Å². The fourth-order valence-corrected chi connectivity index (χ4v) is 5.96. The number of carbonyl (C=O) groups excluding carboxylic acids is 2. The minimum absolute atomic E-state index is 0.0334. The van der Waals surface area contributed by atoms with Crippen LogP contribution in [0.4, 0.5) is 0 Å². The van der Waals surface area contributed by atoms with Gasteiger partial charge in [-0.05, 0) is 18.9 Å². The predicted molar refractivity (Wildman–Crippen MR) is 133 cm³/mol. The highest BCUT2D eigenvalue weighted by Gasteiger charge is 2.17. The molecule has 0 spiro atoms. The molecule has 188 valence electrons. The van der Waals surface area contributed by atoms with Crippen LogP contribution in [-0.4, -0.2) is 51.4 Å². The van der Waals surface area contributed by atoms with Crippen LogP contribution in [0.25, 0.3) is 10.2 Å². The predicted octanol–water partition coefficient (Wildman–Crippen LogP) is 3.11. The summed E-state index contributed by atoms with van der Waals surface area (Å²) in [6.07, 6.45) is 0.121. The molecule has 0 radical (unpaired) electrons. The molecule has 35 heavy (non-hydrogen) atoms. The molecule has 0 fully saturated rings. The zero-order valence-electron chi connectivity index (χ0n) is 19.9. The number of nitrogens with zero attached hydrogens (tertiary/aromatic N) is 2. The van der Waals surface area contributed by atoms with Crippen molar-refractivity contribution in [1.82, 2.24) is 4.57 Å². The quantitative estimate of drug-likeness (QED) is 0.357. The van der Waals surface area contributed by atoms with E-state index in [2.05, 4.69) is 4.99 Å². The van der Waals surface area contributed by atoms with Crippen molar-refractivity contribution >= 4 is 43.3 Å². The van der Waals surface area contributed by atoms with E-state index in [0.717, 1.165) is 4.70 Å². The standard InChI is InChI=1S/C24H28N2O7S2/c1-4-33-23(28)15-26-18-13-19(31-2)20(32-3)14-21(18)34-24(26)25-22(27)11-8-12-35(29,30)16-17-9-6-5-7-10-17/h5-7,9-10,13-14H,4,8,11-12,15-16H2,1-3H3. The number of benzene rings is 2. The molecule has 0 aliphatic carbocycles. The molecule has 0 atom stereocenters. The number of carbonyl (C=O) groups is 2. The van der Waals surface area contributed by atoms with Crippen LogP contribution < -0.4 is 14.3 Å². The molecule has 0 N–H and O–H groups in total. The second-order valence-corrected chi connectivity index (χ2v) is 10.8. The van der Waals surface area contributed by atoms with Crippen molar-refractivity contribution in [2.24, 2.45) is 4.99 Å². The fourth-order valence-electron chi connectivity index (χ4n) is 3.48. The number of rotatable bonds is 11. The van der Waals surface area contributed by atoms with Crippen LogP contribution in [0.3, 0.4) is 0 Å². The van der Waals surface area contributed by atoms with Crippen molar-refractivity contribution in [1.29, 1.82) is 0 Å². The van der Waals surface area contributed by atoms with E-state index >= 15 is 0 Å². The molecule has 0 aliphatic heterocycles. The van der Waals surface area contributed by atoms with Gasteiger partial charge >= 0.3 is 5.97 Å². The molecule has 3 rings (SSSR count). The van der Waals surface area contributed by atoms with E-state index in [1.807, 2.05) is 6.07 Å². The summed E-state index contributed by atoms with van der Waals surface area (Å²) in [5.41, 5.74) is 1.34. The van der Waals surface area contributed by atoms with Gasteiger partial charge in [-0.2, -0.15) is 4.99 Å². The van der Waals surface area contributed by atoms with Gasteiger partial charge in [0.2, 0.25) is 5.91 Å². The Morgan fingerprint density at radius 3 is 2.40 bits per heavy atom. The van der Waals surface area contributed by atoms with Crippen LogP contribution in [-0.2, 0) is 36.5 Å². The minimum atomic E-state index is -3.35. The summed E-state index contributed by atoms with van der Waals surface area (Å²) in [6.45, 7) is 1.80. The Morgan fingerprint density at radius 2 is 1.74 bits per heavy atom. The Kier molecular flexibility index (Phi) is 9.05. The average Bonchev–Trinajstić information content (AvgIpc) is 3.13. The molecule has 3 aromatic rings. The molecule has 0 unspecified atom stereocenters. The van der Waals surface area contributed by atoms with Crippen LogP contribution in [0, 0.1) is 0 Å². The zero-order chi connectivity index (χ0) is 25.4. The number of fused-ring (bicyclic) bond motifs is 1. The monoisotopic (exact) mass is 520 g/mol. The van der Waals surface area contributed by atoms with Crippen molar-refractivity contribution in [3.63, 3.8) is 0 Å². The maximum atomic E-state index is 12.6. The summed E-state index contributed by atoms with van der Waals surface area (Å²) >= 11 is 1.22. The smallest absolute Gasteiger partial charge is 0.326 e. The molecule has 9 nitrogen and oxygen atoms in total. The van der Waals surface area contributed by atoms with E-state index in [0.29, 0.717) is 27.4 Å². The second-order valence-electron chi connectivity index (χ2n) is 7.64. The molecule has 0 saturated carbocycles. The number of methoxy groups -OCH3 is 2. The van der Waals surface area contributed by atoms with Crippen molar-refractivity contribution in [2.45, 2.75) is 32.1 Å². The molecule has 1 aromatic heterocycles. The van der Waals surface area contributed by atoms with Gasteiger partial charge in [0.05, 0.1) is 42.5 Å². The van der Waals surface area contributed by atoms with E-state index in [9.17, 15) is 18.0 Å². The Balaban J connectivity index is 1.82. The van der Waals surface area contributed by atoms with Gasteiger partial charge in [0.1, 0.15) is 6.54 Å². The summed E-state index contributed by atoms with van der Waals surface area (Å²) < 4.78 is 42.9. The SMILES string of the molecule is CCOC(=O)Cn1c(=NC(=O)CCCS(=O)(=O)Cc2ccccc2)sc2cc(OC)c(OC)cc21. The summed E-state index contributed by atoms with van der Waals surface area (Å²) in [7, 11) is -0.330. The first-order valence-corrected chi connectivity index (χ1v) is 13.6. The van der Waals surface area contributed by atoms with Gasteiger partial charge in [0.25, 0.3) is 0 Å². The number of thiazole rings is 1. The normalized spacial score (nSPS) is 12.0. The van der Waals surface area contributed by atoms with Crippen molar-refractivity contribution in [2.75, 3.05) is 26.6 Å². The lowest BCUT2D eigenvalue weighted by Gasteiger charge is -2.09. The Labute approximate surface area is 207 Å². The minimum Gasteiger partial charge on any atom is -0.493 e. The third-order valence-electron chi connectivity index (χ3n) is 5.08. The Morgan fingerprint density at radius 1 is 1.06 bits per heavy atom. The van der Waals surface area contributed by atoms with Crippen molar-refractivity contribution in [3.05, 3.63) is 52.8 Å². The van der Waals surface area contributed by atoms with Gasteiger partial charge in [-0.25, -0.2) is 8.42 Å². The van der Waals surface area contributed by atoms with Crippen LogP contribution in [0.15, 0.2) is 47.5 Å². The van der Waals surface area contributed by atoms with Crippen LogP contribution in [0.5, 0.6) is 11.5 Å². The van der Waals surface area contributed by atoms with Gasteiger partial charge < -0.3 is 18.8 Å². The number of amides is 1. The molecule has 0 bridgehead atoms. The van der Waals surface area contributed by atoms with Gasteiger partial charge in [0, 0.05) is 18.6 Å². The first-order valence-electron chi connectivity index (χ1n) is 11.0. The number of hydrogen-bond acceptors (Lipinski definition) is 8. The number of ether oxygens (including phenoxy) is 3. The van der Waals surface area contributed by atoms with Gasteiger partial charge in [-0.1, -0.05) is 41.7 Å². The molecular weight excluding hydrogens is 492 g/mol. The Bertz CT molecular complexity index is 1360. The summed E-state index contributed by atoms with van der Waals surface area (Å²) in [5, 5.41) is 0. The average molecular weight is 521 g/mol. The number of aromatic nitrogens is 1. The summed E-state index contributed by atoms with van der Waals surface area (Å²) in [6, 6.07) is 12.4. The topological polar surface area (TPSA) is 113 Å². The number of esters is 1. The van der Waals surface area contributed by atoms with E-state index in [4.69, 9.17) is 14.2 Å². The highest BCUT2D eigenvalue weighted by atomic mass is 32.2. The number of hydrogen-bond donors (Lipinski definition) is 0. The number of sulfone groups is 1. The van der Waals surface area contributed by atoms with Crippen LogP contribution >= 0.6 is 11.3 Å². The maximum Gasteiger partial charge on any atom is 0.326 e. The highest BCUT2D eigenvalue weighted by molar-refractivity contribution is 7.90. The van der Waals surface area contributed by atoms with Crippen LogP contribution in [0.2, 0.25) is 0 Å². The van der Waals surface area contributed by atoms with Gasteiger partial charge in [-0.3, -0.25) is 9.59 Å². The highest BCUT2D eigenvalue weighted by Crippen LogP contribution is 2.33. The molecule has 1 amide bonds. The van der Waals surface area contributed by atoms with E-state index in [1.54, 1.807) is 47.9 Å². The first-order chi connectivity index (χ1) is 16.8. The Hall–Kier alpha value is -3.18. The fraction of sp³-hybridized carbons (Fsp3) is 0.375. The third kappa shape index (κ3) is 7.15. The maximum absolute atomic E-state index is 12.6. The summed E-state index contributed by atoms with van der Waals surface area (Å²) in [4.78, 5) is 29.3. The lowest BCUT2D eigenvalue weighted by molar-refractivity contribution is -0.143. The molecule has 1 heterocycles.